The third kappa shape index (κ3) is 6.44. The summed E-state index contributed by atoms with van der Waals surface area (Å²) in [7, 11) is 1.31. The van der Waals surface area contributed by atoms with E-state index in [4.69, 9.17) is 9.47 Å². The maximum atomic E-state index is 11.5. The predicted molar refractivity (Wildman–Crippen MR) is 118 cm³/mol. The van der Waals surface area contributed by atoms with Gasteiger partial charge in [-0.1, -0.05) is 26.5 Å². The summed E-state index contributed by atoms with van der Waals surface area (Å²) in [5.74, 6) is 1.93. The minimum atomic E-state index is -0.394. The molecular formula is C25H38O6. The van der Waals surface area contributed by atoms with Crippen molar-refractivity contribution in [3.8, 4) is 0 Å². The first-order chi connectivity index (χ1) is 14.8. The van der Waals surface area contributed by atoms with Crippen LogP contribution in [0.2, 0.25) is 0 Å². The van der Waals surface area contributed by atoms with Crippen LogP contribution in [0.15, 0.2) is 24.8 Å². The zero-order chi connectivity index (χ0) is 23.0. The molecular weight excluding hydrogens is 396 g/mol. The van der Waals surface area contributed by atoms with Gasteiger partial charge in [-0.3, -0.25) is 4.79 Å². The molecule has 2 bridgehead atoms. The molecule has 4 unspecified atom stereocenters. The molecule has 1 heterocycles. The number of esters is 3. The van der Waals surface area contributed by atoms with Crippen LogP contribution in [0.1, 0.15) is 71.6 Å². The zero-order valence-electron chi connectivity index (χ0n) is 19.3. The topological polar surface area (TPSA) is 78.9 Å². The number of hydrogen-bond acceptors (Lipinski definition) is 6. The third-order valence-corrected chi connectivity index (χ3v) is 7.21. The summed E-state index contributed by atoms with van der Waals surface area (Å²) in [6.45, 7) is 11.3. The van der Waals surface area contributed by atoms with Gasteiger partial charge in [0.05, 0.1) is 19.6 Å². The van der Waals surface area contributed by atoms with E-state index in [1.54, 1.807) is 6.92 Å². The predicted octanol–water partition coefficient (Wildman–Crippen LogP) is 4.77. The minimum absolute atomic E-state index is 0.0993. The molecule has 0 amide bonds. The van der Waals surface area contributed by atoms with Crippen molar-refractivity contribution < 1.29 is 28.6 Å². The molecule has 0 aromatic rings. The van der Waals surface area contributed by atoms with Crippen molar-refractivity contribution in [2.45, 2.75) is 77.2 Å². The fourth-order valence-electron chi connectivity index (χ4n) is 5.38. The van der Waals surface area contributed by atoms with Crippen LogP contribution >= 0.6 is 0 Å². The zero-order valence-corrected chi connectivity index (χ0v) is 19.3. The Balaban J connectivity index is 0.000000179. The lowest BCUT2D eigenvalue weighted by Crippen LogP contribution is -2.36. The minimum Gasteiger partial charge on any atom is -0.466 e. The lowest BCUT2D eigenvalue weighted by atomic mass is 9.81. The number of cyclic esters (lactones) is 1. The Bertz CT molecular complexity index is 675. The number of methoxy groups -OCH3 is 1. The number of rotatable bonds is 4. The third-order valence-electron chi connectivity index (χ3n) is 7.21. The number of carbonyl (C=O) groups is 3. The standard InChI is InChI=1S/C12H20O2.C9H12O2.C4H6O2/c1-4-12(8-6-5-7-9-12)14-11(13)10(2)3;10-9-8-6-2-1-5(3-6)7(8)4-11-9;1-3-4(5)6-2/h2,4-9H2,1,3H3;5-8H,1-4H2;3H,1H2,2H3. The van der Waals surface area contributed by atoms with Gasteiger partial charge in [-0.25, -0.2) is 9.59 Å². The lowest BCUT2D eigenvalue weighted by molar-refractivity contribution is -0.158. The van der Waals surface area contributed by atoms with Crippen molar-refractivity contribution in [3.05, 3.63) is 24.8 Å². The Kier molecular flexibility index (Phi) is 9.32. The molecule has 4 fully saturated rings. The van der Waals surface area contributed by atoms with Gasteiger partial charge in [0.15, 0.2) is 0 Å². The van der Waals surface area contributed by atoms with Crippen LogP contribution in [0.3, 0.4) is 0 Å². The highest BCUT2D eigenvalue weighted by Crippen LogP contribution is 2.54. The molecule has 6 nitrogen and oxygen atoms in total. The van der Waals surface area contributed by atoms with E-state index in [9.17, 15) is 14.4 Å². The molecule has 3 saturated carbocycles. The van der Waals surface area contributed by atoms with Gasteiger partial charge in [0.2, 0.25) is 0 Å². The number of hydrogen-bond donors (Lipinski definition) is 0. The van der Waals surface area contributed by atoms with E-state index < -0.39 is 5.97 Å². The summed E-state index contributed by atoms with van der Waals surface area (Å²) in [5, 5.41) is 0. The van der Waals surface area contributed by atoms with Gasteiger partial charge in [-0.05, 0) is 70.1 Å². The molecule has 0 radical (unpaired) electrons. The first-order valence-corrected chi connectivity index (χ1v) is 11.5. The van der Waals surface area contributed by atoms with Crippen LogP contribution in [-0.2, 0) is 28.6 Å². The second-order valence-corrected chi connectivity index (χ2v) is 9.15. The maximum Gasteiger partial charge on any atom is 0.333 e. The summed E-state index contributed by atoms with van der Waals surface area (Å²) in [5.41, 5.74) is 0.317. The first-order valence-electron chi connectivity index (χ1n) is 11.5. The van der Waals surface area contributed by atoms with Crippen LogP contribution < -0.4 is 0 Å². The van der Waals surface area contributed by atoms with Gasteiger partial charge in [0, 0.05) is 17.6 Å². The summed E-state index contributed by atoms with van der Waals surface area (Å²) < 4.78 is 14.8. The molecule has 0 aromatic heterocycles. The molecule has 4 rings (SSSR count). The van der Waals surface area contributed by atoms with Crippen molar-refractivity contribution in [1.82, 2.24) is 0 Å². The Morgan fingerprint density at radius 3 is 2.32 bits per heavy atom. The van der Waals surface area contributed by atoms with Crippen LogP contribution in [-0.4, -0.2) is 37.2 Å². The van der Waals surface area contributed by atoms with E-state index in [1.165, 1.54) is 45.6 Å². The second kappa shape index (κ2) is 11.5. The number of ether oxygens (including phenoxy) is 3. The van der Waals surface area contributed by atoms with Crippen LogP contribution in [0.4, 0.5) is 0 Å². The smallest absolute Gasteiger partial charge is 0.333 e. The lowest BCUT2D eigenvalue weighted by Gasteiger charge is -2.36. The van der Waals surface area contributed by atoms with Gasteiger partial charge in [0.1, 0.15) is 5.60 Å². The van der Waals surface area contributed by atoms with E-state index >= 15 is 0 Å². The Hall–Kier alpha value is -2.11. The Morgan fingerprint density at radius 1 is 1.19 bits per heavy atom. The highest BCUT2D eigenvalue weighted by Gasteiger charge is 2.55. The molecule has 1 aliphatic heterocycles. The van der Waals surface area contributed by atoms with Gasteiger partial charge >= 0.3 is 17.9 Å². The molecule has 0 aromatic carbocycles. The van der Waals surface area contributed by atoms with Gasteiger partial charge in [-0.2, -0.15) is 0 Å². The van der Waals surface area contributed by atoms with Crippen molar-refractivity contribution >= 4 is 17.9 Å². The second-order valence-electron chi connectivity index (χ2n) is 9.15. The molecule has 31 heavy (non-hydrogen) atoms. The number of carbonyl (C=O) groups excluding carboxylic acids is 3. The Morgan fingerprint density at radius 2 is 1.84 bits per heavy atom. The van der Waals surface area contributed by atoms with Crippen LogP contribution in [0.25, 0.3) is 0 Å². The summed E-state index contributed by atoms with van der Waals surface area (Å²) >= 11 is 0. The molecule has 0 spiro atoms. The van der Waals surface area contributed by atoms with Gasteiger partial charge < -0.3 is 14.2 Å². The van der Waals surface area contributed by atoms with Crippen LogP contribution in [0, 0.1) is 23.7 Å². The molecule has 4 atom stereocenters. The summed E-state index contributed by atoms with van der Waals surface area (Å²) in [4.78, 5) is 32.5. The fourth-order valence-corrected chi connectivity index (χ4v) is 5.38. The highest BCUT2D eigenvalue weighted by molar-refractivity contribution is 5.87. The molecule has 174 valence electrons. The molecule has 1 saturated heterocycles. The quantitative estimate of drug-likeness (QED) is 0.360. The van der Waals surface area contributed by atoms with E-state index in [1.807, 2.05) is 0 Å². The van der Waals surface area contributed by atoms with E-state index in [-0.39, 0.29) is 17.5 Å². The van der Waals surface area contributed by atoms with E-state index in [0.29, 0.717) is 23.3 Å². The average Bonchev–Trinajstić information content (AvgIpc) is 3.50. The van der Waals surface area contributed by atoms with E-state index in [0.717, 1.165) is 37.9 Å². The van der Waals surface area contributed by atoms with Crippen molar-refractivity contribution in [3.63, 3.8) is 0 Å². The monoisotopic (exact) mass is 434 g/mol. The molecule has 3 aliphatic carbocycles. The summed E-state index contributed by atoms with van der Waals surface area (Å²) in [6, 6.07) is 0. The van der Waals surface area contributed by atoms with Crippen LogP contribution in [0.5, 0.6) is 0 Å². The molecule has 4 aliphatic rings. The van der Waals surface area contributed by atoms with E-state index in [2.05, 4.69) is 24.8 Å². The molecule has 6 heteroatoms. The van der Waals surface area contributed by atoms with Crippen molar-refractivity contribution in [1.29, 1.82) is 0 Å². The summed E-state index contributed by atoms with van der Waals surface area (Å²) in [6.07, 6.45) is 11.6. The normalized spacial score (nSPS) is 29.2. The highest BCUT2D eigenvalue weighted by atomic mass is 16.6. The first kappa shape index (κ1) is 25.2. The Labute approximate surface area is 186 Å². The molecule has 0 N–H and O–H groups in total. The fraction of sp³-hybridized carbons (Fsp3) is 0.720. The van der Waals surface area contributed by atoms with Crippen molar-refractivity contribution in [2.75, 3.05) is 13.7 Å². The number of fused-ring (bicyclic) bond motifs is 5. The largest absolute Gasteiger partial charge is 0.466 e. The van der Waals surface area contributed by atoms with Gasteiger partial charge in [-0.15, -0.1) is 0 Å². The average molecular weight is 435 g/mol. The SMILES string of the molecule is C=C(C)C(=O)OC1(CC)CCCCC1.C=CC(=O)OC.O=C1OCC2C3CCC(C3)C12. The van der Waals surface area contributed by atoms with Gasteiger partial charge in [0.25, 0.3) is 0 Å². The van der Waals surface area contributed by atoms with Crippen molar-refractivity contribution in [2.24, 2.45) is 23.7 Å². The maximum absolute atomic E-state index is 11.5.